The summed E-state index contributed by atoms with van der Waals surface area (Å²) in [6.07, 6.45) is 1.67. The van der Waals surface area contributed by atoms with Crippen LogP contribution in [0.3, 0.4) is 0 Å². The summed E-state index contributed by atoms with van der Waals surface area (Å²) in [6, 6.07) is 21.7. The molecule has 0 saturated carbocycles. The van der Waals surface area contributed by atoms with E-state index in [1.165, 1.54) is 0 Å². The molecular formula is C25H22BrN3O2. The van der Waals surface area contributed by atoms with Gasteiger partial charge in [-0.15, -0.1) is 0 Å². The lowest BCUT2D eigenvalue weighted by Gasteiger charge is -2.10. The van der Waals surface area contributed by atoms with Crippen LogP contribution in [0, 0.1) is 13.8 Å². The van der Waals surface area contributed by atoms with Gasteiger partial charge in [-0.1, -0.05) is 46.3 Å². The number of carbonyl (C=O) groups is 1. The Morgan fingerprint density at radius 1 is 1.03 bits per heavy atom. The Labute approximate surface area is 189 Å². The number of carbonyl (C=O) groups excluding carboxylic acids is 1. The second kappa shape index (κ2) is 8.78. The molecule has 0 spiro atoms. The predicted molar refractivity (Wildman–Crippen MR) is 129 cm³/mol. The van der Waals surface area contributed by atoms with E-state index in [9.17, 15) is 4.79 Å². The highest BCUT2D eigenvalue weighted by atomic mass is 79.9. The zero-order chi connectivity index (χ0) is 22.0. The highest BCUT2D eigenvalue weighted by Gasteiger charge is 2.14. The van der Waals surface area contributed by atoms with Crippen LogP contribution in [0.5, 0.6) is 5.75 Å². The molecule has 0 fully saturated rings. The number of hydrazone groups is 1. The zero-order valence-corrected chi connectivity index (χ0v) is 19.1. The molecule has 4 aromatic rings. The van der Waals surface area contributed by atoms with Crippen LogP contribution in [-0.4, -0.2) is 23.8 Å². The molecule has 5 nitrogen and oxygen atoms in total. The summed E-state index contributed by atoms with van der Waals surface area (Å²) in [5.41, 5.74) is 7.19. The van der Waals surface area contributed by atoms with E-state index in [1.54, 1.807) is 13.3 Å². The normalized spacial score (nSPS) is 11.2. The molecule has 0 radical (unpaired) electrons. The highest BCUT2D eigenvalue weighted by Crippen LogP contribution is 2.26. The molecule has 0 saturated heterocycles. The molecular weight excluding hydrogens is 454 g/mol. The number of methoxy groups -OCH3 is 1. The highest BCUT2D eigenvalue weighted by molar-refractivity contribution is 9.10. The van der Waals surface area contributed by atoms with E-state index in [4.69, 9.17) is 4.74 Å². The van der Waals surface area contributed by atoms with Crippen LogP contribution in [0.15, 0.2) is 76.3 Å². The smallest absolute Gasteiger partial charge is 0.275 e. The first-order valence-corrected chi connectivity index (χ1v) is 10.6. The van der Waals surface area contributed by atoms with E-state index >= 15 is 0 Å². The van der Waals surface area contributed by atoms with Crippen LogP contribution < -0.4 is 10.2 Å². The Morgan fingerprint density at radius 2 is 1.77 bits per heavy atom. The van der Waals surface area contributed by atoms with E-state index in [2.05, 4.69) is 43.2 Å². The van der Waals surface area contributed by atoms with Crippen LogP contribution in [-0.2, 0) is 0 Å². The fourth-order valence-electron chi connectivity index (χ4n) is 3.72. The van der Waals surface area contributed by atoms with E-state index in [-0.39, 0.29) is 5.91 Å². The van der Waals surface area contributed by atoms with Crippen molar-refractivity contribution >= 4 is 38.8 Å². The second-order valence-corrected chi connectivity index (χ2v) is 8.16. The molecule has 0 aliphatic carbocycles. The van der Waals surface area contributed by atoms with E-state index in [0.29, 0.717) is 11.3 Å². The summed E-state index contributed by atoms with van der Waals surface area (Å²) in [6.45, 7) is 4.08. The van der Waals surface area contributed by atoms with Crippen molar-refractivity contribution < 1.29 is 9.53 Å². The van der Waals surface area contributed by atoms with E-state index < -0.39 is 0 Å². The summed E-state index contributed by atoms with van der Waals surface area (Å²) in [5.74, 6) is 0.193. The van der Waals surface area contributed by atoms with Crippen molar-refractivity contribution in [2.24, 2.45) is 5.10 Å². The minimum absolute atomic E-state index is 0.320. The molecule has 1 heterocycles. The summed E-state index contributed by atoms with van der Waals surface area (Å²) >= 11 is 3.52. The maximum absolute atomic E-state index is 12.8. The summed E-state index contributed by atoms with van der Waals surface area (Å²) in [5, 5.41) is 6.18. The number of nitrogens with zero attached hydrogens (tertiary/aromatic N) is 2. The number of ether oxygens (including phenoxy) is 1. The third-order valence-electron chi connectivity index (χ3n) is 5.22. The molecule has 0 unspecified atom stereocenters. The maximum atomic E-state index is 12.8. The van der Waals surface area contributed by atoms with Crippen molar-refractivity contribution in [3.05, 3.63) is 93.7 Å². The lowest BCUT2D eigenvalue weighted by Crippen LogP contribution is -2.18. The first kappa shape index (κ1) is 20.9. The third-order valence-corrected chi connectivity index (χ3v) is 5.71. The largest absolute Gasteiger partial charge is 0.496 e. The summed E-state index contributed by atoms with van der Waals surface area (Å²) < 4.78 is 8.59. The fourth-order valence-corrected chi connectivity index (χ4v) is 4.10. The quantitative estimate of drug-likeness (QED) is 0.293. The number of nitrogens with one attached hydrogen (secondary N) is 1. The van der Waals surface area contributed by atoms with Gasteiger partial charge in [0.1, 0.15) is 5.75 Å². The minimum atomic E-state index is -0.320. The standard InChI is InChI=1S/C25H22BrN3O2/c1-16-11-20(17(2)29(16)22-10-6-9-21(26)14-22)15-27-28-25(30)23-12-18-7-4-5-8-19(18)13-24(23)31-3/h4-15H,1-3H3,(H,28,30). The zero-order valence-electron chi connectivity index (χ0n) is 17.5. The molecule has 3 aromatic carbocycles. The summed E-state index contributed by atoms with van der Waals surface area (Å²) in [4.78, 5) is 12.8. The van der Waals surface area contributed by atoms with Crippen LogP contribution in [0.2, 0.25) is 0 Å². The Kier molecular flexibility index (Phi) is 5.91. The Bertz CT molecular complexity index is 1310. The Hall–Kier alpha value is -3.38. The van der Waals surface area contributed by atoms with Crippen LogP contribution in [0.1, 0.15) is 27.3 Å². The van der Waals surface area contributed by atoms with Crippen molar-refractivity contribution in [1.82, 2.24) is 9.99 Å². The predicted octanol–water partition coefficient (Wildman–Crippen LogP) is 5.78. The number of hydrogen-bond acceptors (Lipinski definition) is 3. The molecule has 0 bridgehead atoms. The molecule has 156 valence electrons. The number of benzene rings is 3. The monoisotopic (exact) mass is 475 g/mol. The Morgan fingerprint density at radius 3 is 2.48 bits per heavy atom. The van der Waals surface area contributed by atoms with Gasteiger partial charge < -0.3 is 9.30 Å². The molecule has 1 N–H and O–H groups in total. The maximum Gasteiger partial charge on any atom is 0.275 e. The van der Waals surface area contributed by atoms with Gasteiger partial charge in [0.2, 0.25) is 0 Å². The Balaban J connectivity index is 1.57. The first-order valence-electron chi connectivity index (χ1n) is 9.83. The van der Waals surface area contributed by atoms with Crippen molar-refractivity contribution in [3.8, 4) is 11.4 Å². The molecule has 0 aliphatic rings. The number of aromatic nitrogens is 1. The van der Waals surface area contributed by atoms with Crippen molar-refractivity contribution in [1.29, 1.82) is 0 Å². The lowest BCUT2D eigenvalue weighted by atomic mass is 10.1. The van der Waals surface area contributed by atoms with Gasteiger partial charge in [-0.25, -0.2) is 5.43 Å². The lowest BCUT2D eigenvalue weighted by molar-refractivity contribution is 0.0952. The molecule has 6 heteroatoms. The minimum Gasteiger partial charge on any atom is -0.496 e. The van der Waals surface area contributed by atoms with E-state index in [1.807, 2.05) is 68.4 Å². The average molecular weight is 476 g/mol. The van der Waals surface area contributed by atoms with Gasteiger partial charge in [0.25, 0.3) is 5.91 Å². The van der Waals surface area contributed by atoms with E-state index in [0.717, 1.165) is 37.9 Å². The second-order valence-electron chi connectivity index (χ2n) is 7.24. The number of halogens is 1. The van der Waals surface area contributed by atoms with Gasteiger partial charge in [0.15, 0.2) is 0 Å². The molecule has 4 rings (SSSR count). The first-order chi connectivity index (χ1) is 15.0. The third kappa shape index (κ3) is 4.25. The van der Waals surface area contributed by atoms with Crippen molar-refractivity contribution in [3.63, 3.8) is 0 Å². The number of fused-ring (bicyclic) bond motifs is 1. The van der Waals surface area contributed by atoms with Crippen molar-refractivity contribution in [2.45, 2.75) is 13.8 Å². The van der Waals surface area contributed by atoms with Crippen LogP contribution in [0.4, 0.5) is 0 Å². The molecule has 1 amide bonds. The molecule has 31 heavy (non-hydrogen) atoms. The topological polar surface area (TPSA) is 55.6 Å². The van der Waals surface area contributed by atoms with Crippen LogP contribution >= 0.6 is 15.9 Å². The number of rotatable bonds is 5. The van der Waals surface area contributed by atoms with Gasteiger partial charge in [-0.05, 0) is 61.0 Å². The van der Waals surface area contributed by atoms with Crippen LogP contribution in [0.25, 0.3) is 16.5 Å². The molecule has 0 aliphatic heterocycles. The van der Waals surface area contributed by atoms with Gasteiger partial charge in [-0.2, -0.15) is 5.10 Å². The molecule has 0 atom stereocenters. The SMILES string of the molecule is COc1cc2ccccc2cc1C(=O)NN=Cc1cc(C)n(-c2cccc(Br)c2)c1C. The summed E-state index contributed by atoms with van der Waals surface area (Å²) in [7, 11) is 1.56. The number of aryl methyl sites for hydroxylation is 1. The van der Waals surface area contributed by atoms with Gasteiger partial charge in [0, 0.05) is 27.1 Å². The number of amides is 1. The number of hydrogen-bond donors (Lipinski definition) is 1. The average Bonchev–Trinajstić information content (AvgIpc) is 3.05. The van der Waals surface area contributed by atoms with Gasteiger partial charge in [-0.3, -0.25) is 4.79 Å². The van der Waals surface area contributed by atoms with Gasteiger partial charge >= 0.3 is 0 Å². The fraction of sp³-hybridized carbons (Fsp3) is 0.120. The van der Waals surface area contributed by atoms with Gasteiger partial charge in [0.05, 0.1) is 18.9 Å². The van der Waals surface area contributed by atoms with Crippen molar-refractivity contribution in [2.75, 3.05) is 7.11 Å². The molecule has 1 aromatic heterocycles.